The van der Waals surface area contributed by atoms with Crippen LogP contribution < -0.4 is 9.62 Å². The number of unbranched alkanes of at least 4 members (excludes halogenated alkanes) is 1. The molecule has 3 rings (SSSR count). The minimum Gasteiger partial charge on any atom is -0.481 e. The van der Waals surface area contributed by atoms with E-state index in [1.54, 1.807) is 0 Å². The highest BCUT2D eigenvalue weighted by molar-refractivity contribution is 7.86. The lowest BCUT2D eigenvalue weighted by atomic mass is 9.96. The van der Waals surface area contributed by atoms with Gasteiger partial charge in [0.2, 0.25) is 0 Å². The highest BCUT2D eigenvalue weighted by Gasteiger charge is 2.29. The molecule has 2 aromatic carbocycles. The first-order valence-corrected chi connectivity index (χ1v) is 9.90. The summed E-state index contributed by atoms with van der Waals surface area (Å²) in [5, 5.41) is 12.3. The Bertz CT molecular complexity index is 838. The minimum atomic E-state index is -1.27. The van der Waals surface area contributed by atoms with Crippen LogP contribution in [0, 0.1) is 6.92 Å². The van der Waals surface area contributed by atoms with Gasteiger partial charge in [0.25, 0.3) is 0 Å². The quantitative estimate of drug-likeness (QED) is 0.763. The third kappa shape index (κ3) is 3.81. The van der Waals surface area contributed by atoms with Crippen LogP contribution >= 0.6 is 0 Å². The molecule has 0 aliphatic carbocycles. The molecule has 0 aromatic heterocycles. The molecule has 5 nitrogen and oxygen atoms in total. The third-order valence-corrected chi connectivity index (χ3v) is 6.09. The van der Waals surface area contributed by atoms with Crippen molar-refractivity contribution in [2.24, 2.45) is 0 Å². The average molecular weight is 372 g/mol. The van der Waals surface area contributed by atoms with E-state index in [1.807, 2.05) is 54.7 Å². The Kier molecular flexibility index (Phi) is 5.74. The Morgan fingerprint density at radius 2 is 1.96 bits per heavy atom. The Hall–Kier alpha value is -2.18. The van der Waals surface area contributed by atoms with Gasteiger partial charge in [-0.25, -0.2) is 4.21 Å². The second kappa shape index (κ2) is 8.01. The fourth-order valence-corrected chi connectivity index (χ4v) is 4.64. The SMILES string of the molecule is Cc1ccc2c(c1)S(=O)N(C)c1ccccc1C2NCCCCC(=O)O. The number of anilines is 1. The van der Waals surface area contributed by atoms with E-state index in [0.717, 1.165) is 33.7 Å². The standard InChI is InChI=1S/C20H24N2O3S/c1-14-10-11-16-18(13-14)26(25)22(2)17-8-4-3-7-15(17)20(16)21-12-6-5-9-19(23)24/h3-4,7-8,10-11,13,20-21H,5-6,9,12H2,1-2H3,(H,23,24). The van der Waals surface area contributed by atoms with Gasteiger partial charge in [0.15, 0.2) is 11.0 Å². The number of hydrogen-bond donors (Lipinski definition) is 2. The maximum Gasteiger partial charge on any atom is 0.303 e. The predicted molar refractivity (Wildman–Crippen MR) is 104 cm³/mol. The van der Waals surface area contributed by atoms with Gasteiger partial charge in [-0.1, -0.05) is 30.3 Å². The van der Waals surface area contributed by atoms with Crippen molar-refractivity contribution in [2.75, 3.05) is 17.9 Å². The van der Waals surface area contributed by atoms with Crippen molar-refractivity contribution in [2.45, 2.75) is 37.1 Å². The summed E-state index contributed by atoms with van der Waals surface area (Å²) in [6.45, 7) is 2.71. The zero-order chi connectivity index (χ0) is 18.7. The van der Waals surface area contributed by atoms with Crippen LogP contribution in [-0.2, 0) is 15.8 Å². The molecule has 0 bridgehead atoms. The molecule has 2 N–H and O–H groups in total. The summed E-state index contributed by atoms with van der Waals surface area (Å²) in [5.41, 5.74) is 4.13. The number of para-hydroxylation sites is 1. The van der Waals surface area contributed by atoms with Gasteiger partial charge in [0.05, 0.1) is 16.6 Å². The molecule has 138 valence electrons. The van der Waals surface area contributed by atoms with Crippen molar-refractivity contribution in [3.05, 3.63) is 59.2 Å². The molecule has 0 amide bonds. The van der Waals surface area contributed by atoms with Crippen LogP contribution in [0.15, 0.2) is 47.4 Å². The molecule has 2 unspecified atom stereocenters. The van der Waals surface area contributed by atoms with Crippen molar-refractivity contribution >= 4 is 22.6 Å². The number of nitrogens with zero attached hydrogens (tertiary/aromatic N) is 1. The van der Waals surface area contributed by atoms with Gasteiger partial charge < -0.3 is 10.4 Å². The Balaban J connectivity index is 1.94. The maximum atomic E-state index is 13.1. The Morgan fingerprint density at radius 1 is 1.19 bits per heavy atom. The second-order valence-corrected chi connectivity index (χ2v) is 8.07. The number of carboxylic acid groups (broad SMARTS) is 1. The average Bonchev–Trinajstić information content (AvgIpc) is 2.71. The van der Waals surface area contributed by atoms with E-state index in [-0.39, 0.29) is 12.5 Å². The topological polar surface area (TPSA) is 69.6 Å². The van der Waals surface area contributed by atoms with Crippen LogP contribution in [0.25, 0.3) is 0 Å². The summed E-state index contributed by atoms with van der Waals surface area (Å²) < 4.78 is 14.9. The van der Waals surface area contributed by atoms with Gasteiger partial charge in [-0.2, -0.15) is 0 Å². The fraction of sp³-hybridized carbons (Fsp3) is 0.350. The van der Waals surface area contributed by atoms with Crippen LogP contribution in [-0.4, -0.2) is 28.9 Å². The molecule has 26 heavy (non-hydrogen) atoms. The molecule has 0 spiro atoms. The summed E-state index contributed by atoms with van der Waals surface area (Å²) in [6, 6.07) is 14.0. The lowest BCUT2D eigenvalue weighted by Crippen LogP contribution is -2.24. The molecule has 1 heterocycles. The first kappa shape index (κ1) is 18.6. The largest absolute Gasteiger partial charge is 0.481 e. The number of aryl methyl sites for hydroxylation is 1. The van der Waals surface area contributed by atoms with Gasteiger partial charge in [0.1, 0.15) is 0 Å². The van der Waals surface area contributed by atoms with Crippen molar-refractivity contribution in [3.8, 4) is 0 Å². The van der Waals surface area contributed by atoms with E-state index in [0.29, 0.717) is 13.0 Å². The molecule has 1 aliphatic heterocycles. The van der Waals surface area contributed by atoms with E-state index < -0.39 is 17.0 Å². The van der Waals surface area contributed by atoms with E-state index in [9.17, 15) is 9.00 Å². The van der Waals surface area contributed by atoms with Crippen molar-refractivity contribution < 1.29 is 14.1 Å². The van der Waals surface area contributed by atoms with E-state index >= 15 is 0 Å². The number of fused-ring (bicyclic) bond motifs is 2. The van der Waals surface area contributed by atoms with Crippen LogP contribution in [0.3, 0.4) is 0 Å². The Labute approximate surface area is 156 Å². The van der Waals surface area contributed by atoms with Crippen LogP contribution in [0.4, 0.5) is 5.69 Å². The van der Waals surface area contributed by atoms with Gasteiger partial charge in [0, 0.05) is 13.5 Å². The van der Waals surface area contributed by atoms with Gasteiger partial charge in [-0.05, 0) is 55.1 Å². The van der Waals surface area contributed by atoms with Crippen LogP contribution in [0.1, 0.15) is 42.0 Å². The summed E-state index contributed by atoms with van der Waals surface area (Å²) in [5.74, 6) is -0.761. The minimum absolute atomic E-state index is 0.0690. The monoisotopic (exact) mass is 372 g/mol. The highest BCUT2D eigenvalue weighted by atomic mass is 32.2. The normalized spacial score (nSPS) is 18.8. The molecule has 2 atom stereocenters. The summed E-state index contributed by atoms with van der Waals surface area (Å²) in [7, 11) is 0.588. The first-order chi connectivity index (χ1) is 12.5. The Morgan fingerprint density at radius 3 is 2.73 bits per heavy atom. The predicted octanol–water partition coefficient (Wildman–Crippen LogP) is 3.40. The summed E-state index contributed by atoms with van der Waals surface area (Å²) in [4.78, 5) is 11.5. The van der Waals surface area contributed by atoms with Gasteiger partial charge >= 0.3 is 5.97 Å². The van der Waals surface area contributed by atoms with Crippen molar-refractivity contribution in [3.63, 3.8) is 0 Å². The van der Waals surface area contributed by atoms with Gasteiger partial charge in [-0.3, -0.25) is 9.10 Å². The molecule has 0 fully saturated rings. The smallest absolute Gasteiger partial charge is 0.303 e. The third-order valence-electron chi connectivity index (χ3n) is 4.67. The molecule has 0 saturated heterocycles. The van der Waals surface area contributed by atoms with E-state index in [2.05, 4.69) is 11.4 Å². The number of nitrogens with one attached hydrogen (secondary N) is 1. The van der Waals surface area contributed by atoms with Crippen molar-refractivity contribution in [1.82, 2.24) is 5.32 Å². The second-order valence-electron chi connectivity index (χ2n) is 6.58. The first-order valence-electron chi connectivity index (χ1n) is 8.79. The molecule has 1 aliphatic rings. The maximum absolute atomic E-state index is 13.1. The lowest BCUT2D eigenvalue weighted by Gasteiger charge is -2.22. The molecular formula is C20H24N2O3S. The molecule has 6 heteroatoms. The summed E-state index contributed by atoms with van der Waals surface area (Å²) in [6.07, 6.45) is 1.61. The number of hydrogen-bond acceptors (Lipinski definition) is 3. The number of rotatable bonds is 6. The fourth-order valence-electron chi connectivity index (χ4n) is 3.32. The molecule has 0 radical (unpaired) electrons. The molecular weight excluding hydrogens is 348 g/mol. The van der Waals surface area contributed by atoms with E-state index in [4.69, 9.17) is 5.11 Å². The van der Waals surface area contributed by atoms with E-state index in [1.165, 1.54) is 0 Å². The van der Waals surface area contributed by atoms with Gasteiger partial charge in [-0.15, -0.1) is 0 Å². The highest BCUT2D eigenvalue weighted by Crippen LogP contribution is 2.38. The van der Waals surface area contributed by atoms with Crippen LogP contribution in [0.5, 0.6) is 0 Å². The number of carboxylic acids is 1. The molecule has 0 saturated carbocycles. The zero-order valence-corrected chi connectivity index (χ0v) is 15.9. The zero-order valence-electron chi connectivity index (χ0n) is 15.1. The van der Waals surface area contributed by atoms with Crippen LogP contribution in [0.2, 0.25) is 0 Å². The van der Waals surface area contributed by atoms with Crippen molar-refractivity contribution in [1.29, 1.82) is 0 Å². The number of aliphatic carboxylic acids is 1. The summed E-state index contributed by atoms with van der Waals surface area (Å²) >= 11 is 0. The lowest BCUT2D eigenvalue weighted by molar-refractivity contribution is -0.137. The molecule has 2 aromatic rings. The number of carbonyl (C=O) groups is 1. The number of benzene rings is 2.